The number of nitrogens with one attached hydrogen (secondary N) is 1. The van der Waals surface area contributed by atoms with Crippen LogP contribution in [-0.2, 0) is 22.5 Å². The molecule has 0 aliphatic carbocycles. The first-order valence-corrected chi connectivity index (χ1v) is 7.31. The summed E-state index contributed by atoms with van der Waals surface area (Å²) in [6.07, 6.45) is 0.949. The average Bonchev–Trinajstić information content (AvgIpc) is 2.58. The Hall–Kier alpha value is -2.04. The van der Waals surface area contributed by atoms with E-state index in [1.165, 1.54) is 18.2 Å². The lowest BCUT2D eigenvalue weighted by Gasteiger charge is -2.07. The Balaban J connectivity index is 0.00000264. The summed E-state index contributed by atoms with van der Waals surface area (Å²) in [6.45, 7) is 1.73. The molecule has 2 aromatic carbocycles. The van der Waals surface area contributed by atoms with Gasteiger partial charge in [-0.3, -0.25) is 0 Å². The molecule has 5 heteroatoms. The monoisotopic (exact) mass is 335 g/mol. The predicted molar refractivity (Wildman–Crippen MR) is 93.1 cm³/mol. The lowest BCUT2D eigenvalue weighted by atomic mass is 10.1. The van der Waals surface area contributed by atoms with Gasteiger partial charge < -0.3 is 14.8 Å². The normalized spacial score (nSPS) is 9.78. The molecule has 0 aliphatic heterocycles. The van der Waals surface area contributed by atoms with Gasteiger partial charge in [0, 0.05) is 6.54 Å². The molecular formula is C18H22ClNO3. The van der Waals surface area contributed by atoms with Crippen LogP contribution in [0.15, 0.2) is 54.6 Å². The molecule has 0 aromatic heterocycles. The second kappa shape index (κ2) is 10.6. The fourth-order valence-corrected chi connectivity index (χ4v) is 2.01. The molecule has 0 saturated carbocycles. The topological polar surface area (TPSA) is 47.6 Å². The quantitative estimate of drug-likeness (QED) is 0.595. The summed E-state index contributed by atoms with van der Waals surface area (Å²) >= 11 is 0. The second-order valence-electron chi connectivity index (χ2n) is 4.92. The van der Waals surface area contributed by atoms with E-state index in [-0.39, 0.29) is 25.0 Å². The van der Waals surface area contributed by atoms with Crippen molar-refractivity contribution in [3.63, 3.8) is 0 Å². The maximum atomic E-state index is 11.0. The average molecular weight is 336 g/mol. The number of methoxy groups -OCH3 is 1. The first-order chi connectivity index (χ1) is 10.8. The molecular weight excluding hydrogens is 314 g/mol. The Kier molecular flexibility index (Phi) is 8.80. The number of hydrogen-bond donors (Lipinski definition) is 1. The minimum Gasteiger partial charge on any atom is -0.482 e. The van der Waals surface area contributed by atoms with E-state index in [1.807, 2.05) is 42.5 Å². The van der Waals surface area contributed by atoms with Crippen LogP contribution in [0, 0.1) is 0 Å². The third-order valence-corrected chi connectivity index (χ3v) is 3.27. The molecule has 0 atom stereocenters. The molecule has 0 unspecified atom stereocenters. The molecule has 1 N–H and O–H groups in total. The number of carbonyl (C=O) groups excluding carboxylic acids is 1. The largest absolute Gasteiger partial charge is 0.482 e. The maximum absolute atomic E-state index is 11.0. The highest BCUT2D eigenvalue weighted by atomic mass is 35.5. The zero-order valence-corrected chi connectivity index (χ0v) is 14.0. The van der Waals surface area contributed by atoms with E-state index in [0.29, 0.717) is 5.75 Å². The number of hydrogen-bond acceptors (Lipinski definition) is 4. The van der Waals surface area contributed by atoms with E-state index in [9.17, 15) is 4.79 Å². The summed E-state index contributed by atoms with van der Waals surface area (Å²) in [7, 11) is 1.34. The SMILES string of the molecule is COC(=O)COc1ccc(CCNCc2ccccc2)cc1.Cl. The molecule has 0 spiro atoms. The van der Waals surface area contributed by atoms with Gasteiger partial charge in [0.05, 0.1) is 7.11 Å². The van der Waals surface area contributed by atoms with E-state index in [2.05, 4.69) is 22.2 Å². The molecule has 2 aromatic rings. The fourth-order valence-electron chi connectivity index (χ4n) is 2.01. The summed E-state index contributed by atoms with van der Waals surface area (Å²) in [5.41, 5.74) is 2.51. The molecule has 0 fully saturated rings. The molecule has 0 aliphatic rings. The Morgan fingerprint density at radius 2 is 1.70 bits per heavy atom. The van der Waals surface area contributed by atoms with Crippen LogP contribution < -0.4 is 10.1 Å². The number of benzene rings is 2. The first kappa shape index (κ1) is 19.0. The van der Waals surface area contributed by atoms with Crippen molar-refractivity contribution in [1.29, 1.82) is 0 Å². The van der Waals surface area contributed by atoms with Gasteiger partial charge in [-0.05, 0) is 36.2 Å². The van der Waals surface area contributed by atoms with Crippen molar-refractivity contribution in [2.45, 2.75) is 13.0 Å². The molecule has 2 rings (SSSR count). The van der Waals surface area contributed by atoms with Crippen molar-refractivity contribution < 1.29 is 14.3 Å². The molecule has 0 radical (unpaired) electrons. The zero-order chi connectivity index (χ0) is 15.6. The van der Waals surface area contributed by atoms with Gasteiger partial charge in [-0.15, -0.1) is 12.4 Å². The molecule has 0 heterocycles. The van der Waals surface area contributed by atoms with Crippen molar-refractivity contribution in [2.24, 2.45) is 0 Å². The summed E-state index contributed by atoms with van der Waals surface area (Å²) in [6, 6.07) is 18.1. The molecule has 4 nitrogen and oxygen atoms in total. The molecule has 0 saturated heterocycles. The summed E-state index contributed by atoms with van der Waals surface area (Å²) in [5.74, 6) is 0.292. The van der Waals surface area contributed by atoms with Crippen molar-refractivity contribution >= 4 is 18.4 Å². The lowest BCUT2D eigenvalue weighted by Crippen LogP contribution is -2.16. The van der Waals surface area contributed by atoms with Gasteiger partial charge in [0.2, 0.25) is 0 Å². The van der Waals surface area contributed by atoms with Crippen LogP contribution in [0.3, 0.4) is 0 Å². The third-order valence-electron chi connectivity index (χ3n) is 3.27. The van der Waals surface area contributed by atoms with Crippen LogP contribution in [0.25, 0.3) is 0 Å². The van der Waals surface area contributed by atoms with E-state index in [1.54, 1.807) is 0 Å². The number of esters is 1. The van der Waals surface area contributed by atoms with Gasteiger partial charge in [-0.2, -0.15) is 0 Å². The minimum atomic E-state index is -0.380. The standard InChI is InChI=1S/C18H21NO3.ClH/c1-21-18(20)14-22-17-9-7-15(8-10-17)11-12-19-13-16-5-3-2-4-6-16;/h2-10,19H,11-14H2,1H3;1H. The van der Waals surface area contributed by atoms with Crippen LogP contribution >= 0.6 is 12.4 Å². The van der Waals surface area contributed by atoms with Gasteiger partial charge in [-0.25, -0.2) is 4.79 Å². The predicted octanol–water partition coefficient (Wildman–Crippen LogP) is 2.99. The molecule has 23 heavy (non-hydrogen) atoms. The molecule has 0 bridgehead atoms. The number of rotatable bonds is 8. The highest BCUT2D eigenvalue weighted by Gasteiger charge is 2.01. The van der Waals surface area contributed by atoms with Gasteiger partial charge in [0.1, 0.15) is 5.75 Å². The van der Waals surface area contributed by atoms with E-state index >= 15 is 0 Å². The number of ether oxygens (including phenoxy) is 2. The Bertz CT molecular complexity index is 573. The van der Waals surface area contributed by atoms with Crippen molar-refractivity contribution in [1.82, 2.24) is 5.32 Å². The maximum Gasteiger partial charge on any atom is 0.343 e. The van der Waals surface area contributed by atoms with Crippen LogP contribution in [-0.4, -0.2) is 26.2 Å². The highest BCUT2D eigenvalue weighted by molar-refractivity contribution is 5.85. The summed E-state index contributed by atoms with van der Waals surface area (Å²) < 4.78 is 9.83. The van der Waals surface area contributed by atoms with Gasteiger partial charge in [0.15, 0.2) is 6.61 Å². The van der Waals surface area contributed by atoms with Crippen LogP contribution in [0.1, 0.15) is 11.1 Å². The van der Waals surface area contributed by atoms with Gasteiger partial charge in [-0.1, -0.05) is 42.5 Å². The molecule has 0 amide bonds. The molecule has 124 valence electrons. The van der Waals surface area contributed by atoms with Gasteiger partial charge >= 0.3 is 5.97 Å². The van der Waals surface area contributed by atoms with E-state index < -0.39 is 0 Å². The van der Waals surface area contributed by atoms with Gasteiger partial charge in [0.25, 0.3) is 0 Å². The number of halogens is 1. The third kappa shape index (κ3) is 7.17. The second-order valence-corrected chi connectivity index (χ2v) is 4.92. The summed E-state index contributed by atoms with van der Waals surface area (Å²) in [4.78, 5) is 11.0. The Morgan fingerprint density at radius 1 is 1.00 bits per heavy atom. The lowest BCUT2D eigenvalue weighted by molar-refractivity contribution is -0.142. The Labute approximate surface area is 143 Å². The van der Waals surface area contributed by atoms with Crippen molar-refractivity contribution in [2.75, 3.05) is 20.3 Å². The fraction of sp³-hybridized carbons (Fsp3) is 0.278. The number of carbonyl (C=O) groups is 1. The highest BCUT2D eigenvalue weighted by Crippen LogP contribution is 2.12. The van der Waals surface area contributed by atoms with Crippen LogP contribution in [0.2, 0.25) is 0 Å². The van der Waals surface area contributed by atoms with Crippen LogP contribution in [0.4, 0.5) is 0 Å². The smallest absolute Gasteiger partial charge is 0.343 e. The van der Waals surface area contributed by atoms with Crippen molar-refractivity contribution in [3.8, 4) is 5.75 Å². The zero-order valence-electron chi connectivity index (χ0n) is 13.2. The minimum absolute atomic E-state index is 0. The summed E-state index contributed by atoms with van der Waals surface area (Å²) in [5, 5.41) is 3.42. The van der Waals surface area contributed by atoms with Crippen molar-refractivity contribution in [3.05, 3.63) is 65.7 Å². The van der Waals surface area contributed by atoms with E-state index in [4.69, 9.17) is 4.74 Å². The van der Waals surface area contributed by atoms with Crippen LogP contribution in [0.5, 0.6) is 5.75 Å². The first-order valence-electron chi connectivity index (χ1n) is 7.31. The Morgan fingerprint density at radius 3 is 2.35 bits per heavy atom. The van der Waals surface area contributed by atoms with E-state index in [0.717, 1.165) is 19.5 Å².